The van der Waals surface area contributed by atoms with E-state index in [0.29, 0.717) is 0 Å². The van der Waals surface area contributed by atoms with Crippen molar-refractivity contribution >= 4 is 35.7 Å². The summed E-state index contributed by atoms with van der Waals surface area (Å²) in [5.74, 6) is 0. The van der Waals surface area contributed by atoms with Crippen LogP contribution in [0.1, 0.15) is 35.1 Å². The van der Waals surface area contributed by atoms with E-state index in [1.54, 1.807) is 21.6 Å². The molecule has 0 unspecified atom stereocenters. The molecule has 2 aliphatic carbocycles. The average Bonchev–Trinajstić information content (AvgIpc) is 3.38. The van der Waals surface area contributed by atoms with Gasteiger partial charge < -0.3 is 14.9 Å². The molecule has 0 aromatic heterocycles. The zero-order chi connectivity index (χ0) is 18.8. The van der Waals surface area contributed by atoms with Gasteiger partial charge in [-0.1, -0.05) is 48.2 Å². The zero-order valence-corrected chi connectivity index (χ0v) is 23.1. The van der Waals surface area contributed by atoms with Gasteiger partial charge in [0.05, 0.1) is 0 Å². The molecule has 0 N–H and O–H groups in total. The number of halogens is 1. The van der Waals surface area contributed by atoms with Crippen molar-refractivity contribution in [2.24, 2.45) is 0 Å². The summed E-state index contributed by atoms with van der Waals surface area (Å²) in [6.07, 6.45) is 17.1. The topological polar surface area (TPSA) is 0 Å². The van der Waals surface area contributed by atoms with Crippen molar-refractivity contribution in [2.45, 2.75) is 26.7 Å². The Hall–Kier alpha value is -0.884. The second-order valence-electron chi connectivity index (χ2n) is 6.13. The summed E-state index contributed by atoms with van der Waals surface area (Å²) < 4.78 is 0. The van der Waals surface area contributed by atoms with E-state index >= 15 is 0 Å². The maximum atomic E-state index is 3.31. The first-order valence-corrected chi connectivity index (χ1v) is 16.1. The van der Waals surface area contributed by atoms with Crippen LogP contribution in [0.15, 0.2) is 72.8 Å². The summed E-state index contributed by atoms with van der Waals surface area (Å²) in [6, 6.07) is 17.1. The molecule has 2 aromatic rings. The van der Waals surface area contributed by atoms with Crippen LogP contribution in [0.3, 0.4) is 0 Å². The van der Waals surface area contributed by atoms with Crippen LogP contribution in [0.2, 0.25) is 0 Å². The molecule has 0 aliphatic heterocycles. The van der Waals surface area contributed by atoms with Gasteiger partial charge in [-0.15, -0.1) is 60.0 Å². The Kier molecular flexibility index (Phi) is 17.6. The van der Waals surface area contributed by atoms with Crippen LogP contribution < -0.4 is 0 Å². The number of allylic oxidation sites excluding steroid dienone is 8. The molecule has 0 saturated carbocycles. The number of aryl methyl sites for hydroxylation is 2. The van der Waals surface area contributed by atoms with Gasteiger partial charge >= 0.3 is 33.7 Å². The molecule has 29 heavy (non-hydrogen) atoms. The van der Waals surface area contributed by atoms with Gasteiger partial charge in [-0.2, -0.15) is 35.5 Å². The van der Waals surface area contributed by atoms with Crippen LogP contribution >= 0.6 is 12.4 Å². The summed E-state index contributed by atoms with van der Waals surface area (Å²) in [7, 11) is 0. The van der Waals surface area contributed by atoms with Gasteiger partial charge in [0.2, 0.25) is 0 Å². The van der Waals surface area contributed by atoms with E-state index in [-0.39, 0.29) is 27.3 Å². The summed E-state index contributed by atoms with van der Waals surface area (Å²) in [5.41, 5.74) is 7.65. The first kappa shape index (κ1) is 30.3. The Morgan fingerprint density at radius 2 is 1.10 bits per heavy atom. The molecule has 4 rings (SSSR count). The first-order valence-electron chi connectivity index (χ1n) is 8.66. The fourth-order valence-electron chi connectivity index (χ4n) is 2.83. The van der Waals surface area contributed by atoms with Crippen molar-refractivity contribution < 1.29 is 21.6 Å². The predicted molar refractivity (Wildman–Crippen MR) is 129 cm³/mol. The van der Waals surface area contributed by atoms with Crippen LogP contribution in [0.4, 0.5) is 0 Å². The summed E-state index contributed by atoms with van der Waals surface area (Å²) in [6.45, 7) is 4.23. The number of rotatable bonds is 2. The van der Waals surface area contributed by atoms with Crippen molar-refractivity contribution in [3.05, 3.63) is 122 Å². The third-order valence-corrected chi connectivity index (χ3v) is 4.05. The van der Waals surface area contributed by atoms with Crippen LogP contribution in [-0.4, -0.2) is 12.1 Å². The molecular weight excluding hydrogens is 512 g/mol. The van der Waals surface area contributed by atoms with Gasteiger partial charge in [-0.3, -0.25) is 0 Å². The molecule has 0 amide bonds. The summed E-state index contributed by atoms with van der Waals surface area (Å²) >= 11 is 3.64. The standard InChI is InChI=1S/2C12H11.2CH3.ClH.Ge.Zr/c2*1-10-5-4-8-12(9-10)11-6-2-3-7-11;;;;;/h2*2,4-6,8-9H,3H2,1H3;2*1H3;1H;;/q4*-1;;;. The quantitative estimate of drug-likeness (QED) is 0.279. The molecule has 0 atom stereocenters. The van der Waals surface area contributed by atoms with E-state index in [9.17, 15) is 0 Å². The van der Waals surface area contributed by atoms with E-state index in [2.05, 4.69) is 111 Å². The third kappa shape index (κ3) is 10.1. The third-order valence-electron chi connectivity index (χ3n) is 4.05. The fraction of sp³-hybridized carbons (Fsp3) is 0.154. The molecule has 3 heteroatoms. The minimum atomic E-state index is 0. The molecule has 152 valence electrons. The summed E-state index contributed by atoms with van der Waals surface area (Å²) in [5, 5.41) is 0. The molecule has 2 aromatic carbocycles. The van der Waals surface area contributed by atoms with Gasteiger partial charge in [0.25, 0.3) is 0 Å². The van der Waals surface area contributed by atoms with E-state index in [0.717, 1.165) is 12.8 Å². The van der Waals surface area contributed by atoms with Crippen molar-refractivity contribution in [1.29, 1.82) is 0 Å². The molecule has 2 radical (unpaired) electrons. The van der Waals surface area contributed by atoms with Gasteiger partial charge in [0, 0.05) is 0 Å². The Labute approximate surface area is 204 Å². The monoisotopic (exact) mass is 540 g/mol. The van der Waals surface area contributed by atoms with Crippen LogP contribution in [0.5, 0.6) is 0 Å². The molecule has 0 saturated heterocycles. The van der Waals surface area contributed by atoms with E-state index in [4.69, 9.17) is 0 Å². The van der Waals surface area contributed by atoms with Crippen molar-refractivity contribution in [3.63, 3.8) is 0 Å². The molecule has 0 nitrogen and oxygen atoms in total. The molecule has 0 spiro atoms. The molecule has 0 bridgehead atoms. The number of hydrogen-bond acceptors (Lipinski definition) is 0. The van der Waals surface area contributed by atoms with E-state index in [1.165, 1.54) is 33.4 Å². The zero-order valence-electron chi connectivity index (χ0n) is 17.8. The Balaban J connectivity index is 0. The SMILES string of the molecule is Cc1cccc(C2=[C-]CC=C2)c1.Cc1cccc(C2=[C-]CC=C2)c1.Cl.[CH3-].[CH3-].[Ge]=[Zr]. The minimum absolute atomic E-state index is 0. The molecule has 0 heterocycles. The van der Waals surface area contributed by atoms with Crippen LogP contribution in [0.25, 0.3) is 11.1 Å². The molecular formula is C26H29ClGeZr-4. The van der Waals surface area contributed by atoms with Gasteiger partial charge in [0.1, 0.15) is 0 Å². The fourth-order valence-corrected chi connectivity index (χ4v) is 2.83. The van der Waals surface area contributed by atoms with Crippen molar-refractivity contribution in [3.8, 4) is 0 Å². The summed E-state index contributed by atoms with van der Waals surface area (Å²) in [4.78, 5) is 0. The van der Waals surface area contributed by atoms with Crippen molar-refractivity contribution in [1.82, 2.24) is 0 Å². The van der Waals surface area contributed by atoms with E-state index in [1.807, 2.05) is 0 Å². The predicted octanol–water partition coefficient (Wildman–Crippen LogP) is 7.22. The van der Waals surface area contributed by atoms with Crippen LogP contribution in [0, 0.1) is 40.9 Å². The maximum absolute atomic E-state index is 3.31. The first-order chi connectivity index (χ1) is 12.7. The normalized spacial score (nSPS) is 12.4. The van der Waals surface area contributed by atoms with Gasteiger partial charge in [0.15, 0.2) is 0 Å². The van der Waals surface area contributed by atoms with Crippen molar-refractivity contribution in [2.75, 3.05) is 0 Å². The molecule has 0 fully saturated rings. The molecule has 2 aliphatic rings. The van der Waals surface area contributed by atoms with Crippen LogP contribution in [-0.2, 0) is 21.6 Å². The number of hydrogen-bond donors (Lipinski definition) is 0. The average molecular weight is 541 g/mol. The second-order valence-corrected chi connectivity index (χ2v) is 6.13. The van der Waals surface area contributed by atoms with Gasteiger partial charge in [-0.05, 0) is 13.8 Å². The Morgan fingerprint density at radius 1 is 0.724 bits per heavy atom. The van der Waals surface area contributed by atoms with E-state index < -0.39 is 0 Å². The second kappa shape index (κ2) is 16.9. The Bertz CT molecular complexity index is 791. The Morgan fingerprint density at radius 3 is 1.38 bits per heavy atom. The number of benzene rings is 2. The van der Waals surface area contributed by atoms with Gasteiger partial charge in [-0.25, -0.2) is 0 Å².